The van der Waals surface area contributed by atoms with E-state index in [0.717, 1.165) is 0 Å². The molecule has 0 radical (unpaired) electrons. The molecule has 0 saturated carbocycles. The van der Waals surface area contributed by atoms with Gasteiger partial charge in [-0.05, 0) is 52.3 Å². The van der Waals surface area contributed by atoms with Crippen LogP contribution in [0, 0.1) is 0 Å². The van der Waals surface area contributed by atoms with E-state index in [2.05, 4.69) is 21.2 Å². The Morgan fingerprint density at radius 3 is 2.64 bits per heavy atom. The number of carbonyl (C=O) groups is 1. The molecule has 0 heterocycles. The molecule has 2 aromatic rings. The van der Waals surface area contributed by atoms with Gasteiger partial charge < -0.3 is 15.2 Å². The van der Waals surface area contributed by atoms with Crippen molar-refractivity contribution in [3.05, 3.63) is 45.9 Å². The number of amides is 1. The molecule has 0 unspecified atom stereocenters. The van der Waals surface area contributed by atoms with Gasteiger partial charge in [0.25, 0.3) is 5.91 Å². The van der Waals surface area contributed by atoms with E-state index in [-0.39, 0.29) is 28.7 Å². The van der Waals surface area contributed by atoms with E-state index in [0.29, 0.717) is 15.2 Å². The molecule has 2 rings (SSSR count). The van der Waals surface area contributed by atoms with Gasteiger partial charge in [-0.2, -0.15) is 0 Å². The van der Waals surface area contributed by atoms with Crippen molar-refractivity contribution < 1.29 is 23.1 Å². The molecule has 0 aliphatic carbocycles. The smallest absolute Gasteiger partial charge is 0.262 e. The molecule has 0 aliphatic rings. The van der Waals surface area contributed by atoms with Gasteiger partial charge in [-0.3, -0.25) is 4.79 Å². The fourth-order valence-electron chi connectivity index (χ4n) is 1.90. The van der Waals surface area contributed by atoms with Gasteiger partial charge in [0.05, 0.1) is 20.8 Å². The molecule has 2 aromatic carbocycles. The van der Waals surface area contributed by atoms with Crippen molar-refractivity contribution in [2.45, 2.75) is 11.8 Å². The predicted molar refractivity (Wildman–Crippen MR) is 99.1 cm³/mol. The molecule has 0 atom stereocenters. The molecule has 0 aliphatic heterocycles. The number of rotatable bonds is 6. The summed E-state index contributed by atoms with van der Waals surface area (Å²) in [4.78, 5) is 12.0. The summed E-state index contributed by atoms with van der Waals surface area (Å²) in [5, 5.41) is 12.8. The standard InChI is InChI=1S/C16H15BrClNO5S/c1-2-25(22,23)11-4-5-14(20)13(8-11)19-16(21)9-24-15-6-3-10(18)7-12(15)17/h3-8,20H,2,9H2,1H3,(H,19,21). The maximum atomic E-state index is 12.0. The first-order valence-corrected chi connectivity index (χ1v) is 9.98. The van der Waals surface area contributed by atoms with Gasteiger partial charge in [-0.1, -0.05) is 18.5 Å². The van der Waals surface area contributed by atoms with Crippen LogP contribution < -0.4 is 10.1 Å². The first-order chi connectivity index (χ1) is 11.7. The van der Waals surface area contributed by atoms with E-state index < -0.39 is 15.7 Å². The number of hydrogen-bond donors (Lipinski definition) is 2. The average Bonchev–Trinajstić information content (AvgIpc) is 2.56. The third-order valence-corrected chi connectivity index (χ3v) is 5.82. The van der Waals surface area contributed by atoms with Crippen LogP contribution in [-0.2, 0) is 14.6 Å². The highest BCUT2D eigenvalue weighted by Crippen LogP contribution is 2.29. The van der Waals surface area contributed by atoms with Crippen molar-refractivity contribution >= 4 is 49.0 Å². The van der Waals surface area contributed by atoms with Crippen LogP contribution in [0.15, 0.2) is 45.8 Å². The van der Waals surface area contributed by atoms with E-state index in [4.69, 9.17) is 16.3 Å². The lowest BCUT2D eigenvalue weighted by Crippen LogP contribution is -2.20. The Labute approximate surface area is 158 Å². The van der Waals surface area contributed by atoms with Crippen LogP contribution in [0.4, 0.5) is 5.69 Å². The summed E-state index contributed by atoms with van der Waals surface area (Å²) < 4.78 is 29.7. The number of nitrogens with one attached hydrogen (secondary N) is 1. The lowest BCUT2D eigenvalue weighted by molar-refractivity contribution is -0.118. The number of benzene rings is 2. The normalized spacial score (nSPS) is 11.2. The summed E-state index contributed by atoms with van der Waals surface area (Å²) in [7, 11) is -3.45. The zero-order valence-electron chi connectivity index (χ0n) is 13.1. The summed E-state index contributed by atoms with van der Waals surface area (Å²) in [5.74, 6) is -0.454. The Kier molecular flexibility index (Phi) is 6.31. The topological polar surface area (TPSA) is 92.7 Å². The lowest BCUT2D eigenvalue weighted by Gasteiger charge is -2.11. The van der Waals surface area contributed by atoms with E-state index >= 15 is 0 Å². The van der Waals surface area contributed by atoms with Crippen LogP contribution in [0.25, 0.3) is 0 Å². The zero-order valence-corrected chi connectivity index (χ0v) is 16.3. The number of sulfone groups is 1. The first kappa shape index (κ1) is 19.6. The SMILES string of the molecule is CCS(=O)(=O)c1ccc(O)c(NC(=O)COc2ccc(Cl)cc2Br)c1. The molecular formula is C16H15BrClNO5S. The number of carbonyl (C=O) groups excluding carboxylic acids is 1. The lowest BCUT2D eigenvalue weighted by atomic mass is 10.3. The van der Waals surface area contributed by atoms with Crippen LogP contribution in [-0.4, -0.2) is 31.8 Å². The maximum Gasteiger partial charge on any atom is 0.262 e. The van der Waals surface area contributed by atoms with Crippen molar-refractivity contribution in [2.75, 3.05) is 17.7 Å². The van der Waals surface area contributed by atoms with E-state index in [1.165, 1.54) is 25.1 Å². The molecule has 9 heteroatoms. The Hall–Kier alpha value is -1.77. The summed E-state index contributed by atoms with van der Waals surface area (Å²) in [6, 6.07) is 8.56. The molecule has 0 fully saturated rings. The molecule has 6 nitrogen and oxygen atoms in total. The molecule has 134 valence electrons. The Balaban J connectivity index is 2.09. The van der Waals surface area contributed by atoms with Crippen LogP contribution in [0.1, 0.15) is 6.92 Å². The van der Waals surface area contributed by atoms with Crippen molar-refractivity contribution in [1.29, 1.82) is 0 Å². The van der Waals surface area contributed by atoms with E-state index in [1.54, 1.807) is 18.2 Å². The van der Waals surface area contributed by atoms with Crippen molar-refractivity contribution in [2.24, 2.45) is 0 Å². The van der Waals surface area contributed by atoms with Gasteiger partial charge >= 0.3 is 0 Å². The molecule has 0 spiro atoms. The van der Waals surface area contributed by atoms with Gasteiger partial charge in [0.15, 0.2) is 16.4 Å². The van der Waals surface area contributed by atoms with Gasteiger partial charge in [0, 0.05) is 5.02 Å². The van der Waals surface area contributed by atoms with Crippen LogP contribution >= 0.6 is 27.5 Å². The highest BCUT2D eigenvalue weighted by atomic mass is 79.9. The predicted octanol–water partition coefficient (Wildman–Crippen LogP) is 3.62. The van der Waals surface area contributed by atoms with Gasteiger partial charge in [0.1, 0.15) is 11.5 Å². The monoisotopic (exact) mass is 447 g/mol. The minimum absolute atomic E-state index is 0.00158. The summed E-state index contributed by atoms with van der Waals surface area (Å²) in [6.07, 6.45) is 0. The molecule has 1 amide bonds. The molecule has 2 N–H and O–H groups in total. The minimum Gasteiger partial charge on any atom is -0.506 e. The number of phenols is 1. The Morgan fingerprint density at radius 2 is 2.00 bits per heavy atom. The van der Waals surface area contributed by atoms with Crippen molar-refractivity contribution in [3.8, 4) is 11.5 Å². The van der Waals surface area contributed by atoms with Gasteiger partial charge in [0.2, 0.25) is 0 Å². The number of ether oxygens (including phenoxy) is 1. The Morgan fingerprint density at radius 1 is 1.28 bits per heavy atom. The fourth-order valence-corrected chi connectivity index (χ4v) is 3.60. The third-order valence-electron chi connectivity index (χ3n) is 3.23. The number of aromatic hydroxyl groups is 1. The van der Waals surface area contributed by atoms with E-state index in [1.807, 2.05) is 0 Å². The second-order valence-corrected chi connectivity index (χ2v) is 8.56. The van der Waals surface area contributed by atoms with E-state index in [9.17, 15) is 18.3 Å². The number of hydrogen-bond acceptors (Lipinski definition) is 5. The van der Waals surface area contributed by atoms with Crippen molar-refractivity contribution in [1.82, 2.24) is 0 Å². The van der Waals surface area contributed by atoms with Gasteiger partial charge in [-0.15, -0.1) is 0 Å². The largest absolute Gasteiger partial charge is 0.506 e. The molecular weight excluding hydrogens is 434 g/mol. The summed E-state index contributed by atoms with van der Waals surface area (Å²) in [6.45, 7) is 1.18. The zero-order chi connectivity index (χ0) is 18.6. The number of halogens is 2. The summed E-state index contributed by atoms with van der Waals surface area (Å²) in [5.41, 5.74) is -0.00158. The third kappa shape index (κ3) is 5.10. The number of phenolic OH excluding ortho intramolecular Hbond substituents is 1. The van der Waals surface area contributed by atoms with Crippen LogP contribution in [0.2, 0.25) is 5.02 Å². The highest BCUT2D eigenvalue weighted by molar-refractivity contribution is 9.10. The summed E-state index contributed by atoms with van der Waals surface area (Å²) >= 11 is 9.09. The quantitative estimate of drug-likeness (QED) is 0.659. The molecule has 0 bridgehead atoms. The average molecular weight is 449 g/mol. The minimum atomic E-state index is -3.45. The molecule has 0 aromatic heterocycles. The first-order valence-electron chi connectivity index (χ1n) is 7.16. The maximum absolute atomic E-state index is 12.0. The number of anilines is 1. The van der Waals surface area contributed by atoms with Crippen LogP contribution in [0.5, 0.6) is 11.5 Å². The highest BCUT2D eigenvalue weighted by Gasteiger charge is 2.15. The van der Waals surface area contributed by atoms with Crippen molar-refractivity contribution in [3.63, 3.8) is 0 Å². The second-order valence-electron chi connectivity index (χ2n) is 4.99. The fraction of sp³-hybridized carbons (Fsp3) is 0.188. The molecule has 25 heavy (non-hydrogen) atoms. The van der Waals surface area contributed by atoms with Crippen LogP contribution in [0.3, 0.4) is 0 Å². The van der Waals surface area contributed by atoms with Gasteiger partial charge in [-0.25, -0.2) is 8.42 Å². The second kappa shape index (κ2) is 8.07. The molecule has 0 saturated heterocycles. The Bertz CT molecular complexity index is 901.